The molecule has 1 fully saturated rings. The first-order valence-corrected chi connectivity index (χ1v) is 13.4. The van der Waals surface area contributed by atoms with Gasteiger partial charge in [-0.3, -0.25) is 4.79 Å². The summed E-state index contributed by atoms with van der Waals surface area (Å²) in [6.45, 7) is 2.79. The molecule has 0 N–H and O–H groups in total. The molecule has 3 aromatic rings. The Hall–Kier alpha value is -2.94. The van der Waals surface area contributed by atoms with Crippen molar-refractivity contribution in [1.29, 1.82) is 0 Å². The highest BCUT2D eigenvalue weighted by molar-refractivity contribution is 6.42. The number of carbonyl (C=O) groups excluding carboxylic acids is 1. The summed E-state index contributed by atoms with van der Waals surface area (Å²) >= 11 is 12.2. The molecule has 208 valence electrons. The van der Waals surface area contributed by atoms with Gasteiger partial charge < -0.3 is 19.4 Å². The predicted molar refractivity (Wildman–Crippen MR) is 149 cm³/mol. The van der Waals surface area contributed by atoms with Gasteiger partial charge in [0.25, 0.3) is 0 Å². The minimum Gasteiger partial charge on any atom is -0.406 e. The zero-order valence-corrected chi connectivity index (χ0v) is 23.2. The first-order valence-electron chi connectivity index (χ1n) is 12.6. The van der Waals surface area contributed by atoms with Gasteiger partial charge in [0.2, 0.25) is 5.91 Å². The molecule has 0 radical (unpaired) electrons. The molecule has 0 aromatic heterocycles. The molecule has 1 heterocycles. The number of likely N-dealkylation sites (N-methyl/N-ethyl adjacent to an activating group) is 2. The lowest BCUT2D eigenvalue weighted by Gasteiger charge is -2.33. The number of likely N-dealkylation sites (tertiary alicyclic amines) is 1. The molecule has 0 spiro atoms. The molecule has 1 amide bonds. The number of nitrogens with zero attached hydrogens (tertiary/aromatic N) is 3. The molecule has 39 heavy (non-hydrogen) atoms. The van der Waals surface area contributed by atoms with E-state index in [0.29, 0.717) is 22.2 Å². The summed E-state index contributed by atoms with van der Waals surface area (Å²) in [7, 11) is 3.63. The number of hydrogen-bond acceptors (Lipinski definition) is 4. The largest absolute Gasteiger partial charge is 0.573 e. The van der Waals surface area contributed by atoms with Crippen LogP contribution in [0.4, 0.5) is 18.9 Å². The van der Waals surface area contributed by atoms with E-state index in [9.17, 15) is 18.0 Å². The van der Waals surface area contributed by atoms with Crippen LogP contribution in [0.5, 0.6) is 5.75 Å². The molecule has 0 bridgehead atoms. The molecule has 1 aliphatic rings. The molecule has 1 atom stereocenters. The van der Waals surface area contributed by atoms with E-state index in [4.69, 9.17) is 23.2 Å². The molecule has 0 saturated carbocycles. The van der Waals surface area contributed by atoms with Crippen LogP contribution < -0.4 is 9.64 Å². The van der Waals surface area contributed by atoms with Crippen molar-refractivity contribution in [2.24, 2.45) is 0 Å². The Morgan fingerprint density at radius 1 is 0.949 bits per heavy atom. The number of amides is 1. The van der Waals surface area contributed by atoms with E-state index in [1.807, 2.05) is 42.3 Å². The maximum Gasteiger partial charge on any atom is 0.573 e. The zero-order chi connectivity index (χ0) is 28.2. The molecular formula is C29H30Cl2F3N3O2. The van der Waals surface area contributed by atoms with Gasteiger partial charge in [0.05, 0.1) is 22.6 Å². The lowest BCUT2D eigenvalue weighted by Crippen LogP contribution is -2.42. The summed E-state index contributed by atoms with van der Waals surface area (Å²) in [5.74, 6) is -0.332. The fourth-order valence-corrected chi connectivity index (χ4v) is 5.03. The van der Waals surface area contributed by atoms with E-state index in [0.717, 1.165) is 42.7 Å². The summed E-state index contributed by atoms with van der Waals surface area (Å²) in [5, 5.41) is 0.871. The third-order valence-corrected chi connectivity index (χ3v) is 7.64. The molecule has 10 heteroatoms. The van der Waals surface area contributed by atoms with Crippen LogP contribution in [0.25, 0.3) is 11.1 Å². The smallest absolute Gasteiger partial charge is 0.406 e. The van der Waals surface area contributed by atoms with Crippen molar-refractivity contribution in [1.82, 2.24) is 9.80 Å². The van der Waals surface area contributed by atoms with Crippen molar-refractivity contribution >= 4 is 34.8 Å². The third kappa shape index (κ3) is 7.81. The van der Waals surface area contributed by atoms with Crippen LogP contribution in [0, 0.1) is 0 Å². The van der Waals surface area contributed by atoms with E-state index in [1.54, 1.807) is 30.1 Å². The summed E-state index contributed by atoms with van der Waals surface area (Å²) in [5.41, 5.74) is 3.08. The molecule has 0 aliphatic carbocycles. The van der Waals surface area contributed by atoms with E-state index < -0.39 is 6.36 Å². The topological polar surface area (TPSA) is 36.0 Å². The average molecular weight is 580 g/mol. The molecule has 4 rings (SSSR count). The molecule has 1 unspecified atom stereocenters. The van der Waals surface area contributed by atoms with Crippen molar-refractivity contribution in [3.8, 4) is 16.9 Å². The lowest BCUT2D eigenvalue weighted by molar-refractivity contribution is -0.274. The minimum atomic E-state index is -4.75. The fourth-order valence-electron chi connectivity index (χ4n) is 4.73. The van der Waals surface area contributed by atoms with Crippen molar-refractivity contribution in [2.45, 2.75) is 25.2 Å². The molecule has 1 saturated heterocycles. The van der Waals surface area contributed by atoms with Gasteiger partial charge in [-0.05, 0) is 73.0 Å². The normalized spacial score (nSPS) is 14.7. The van der Waals surface area contributed by atoms with E-state index >= 15 is 0 Å². The van der Waals surface area contributed by atoms with Gasteiger partial charge in [-0.2, -0.15) is 0 Å². The van der Waals surface area contributed by atoms with Crippen molar-refractivity contribution in [3.63, 3.8) is 0 Å². The number of alkyl halides is 3. The van der Waals surface area contributed by atoms with Crippen LogP contribution in [-0.2, 0) is 4.79 Å². The van der Waals surface area contributed by atoms with Crippen LogP contribution in [0.2, 0.25) is 10.0 Å². The fraction of sp³-hybridized carbons (Fsp3) is 0.345. The van der Waals surface area contributed by atoms with Gasteiger partial charge in [0.1, 0.15) is 5.75 Å². The van der Waals surface area contributed by atoms with E-state index in [2.05, 4.69) is 9.64 Å². The first kappa shape index (κ1) is 29.1. The summed E-state index contributed by atoms with van der Waals surface area (Å²) in [6.07, 6.45) is -2.50. The quantitative estimate of drug-likeness (QED) is 0.266. The van der Waals surface area contributed by atoms with Gasteiger partial charge in [0.15, 0.2) is 0 Å². The maximum atomic E-state index is 13.4. The van der Waals surface area contributed by atoms with Gasteiger partial charge in [0, 0.05) is 26.3 Å². The number of rotatable bonds is 9. The highest BCUT2D eigenvalue weighted by atomic mass is 35.5. The Labute approximate surface area is 236 Å². The van der Waals surface area contributed by atoms with Crippen LogP contribution in [0.1, 0.15) is 24.4 Å². The zero-order valence-electron chi connectivity index (χ0n) is 21.7. The van der Waals surface area contributed by atoms with Crippen LogP contribution in [0.3, 0.4) is 0 Å². The Kier molecular flexibility index (Phi) is 9.31. The molecule has 5 nitrogen and oxygen atoms in total. The standard InChI is InChI=1S/C29H30Cl2F3N3O2/c1-35(23-12-13-25(30)26(31)17-23)19-28(38)36(2)27(18-37-14-3-4-15-37)21-10-8-20(9-11-21)22-6-5-7-24(16-22)39-29(32,33)34/h5-13,16-17,27H,3-4,14-15,18-19H2,1-2H3. The van der Waals surface area contributed by atoms with Gasteiger partial charge >= 0.3 is 6.36 Å². The van der Waals surface area contributed by atoms with Crippen molar-refractivity contribution in [3.05, 3.63) is 82.3 Å². The number of halogens is 5. The van der Waals surface area contributed by atoms with Gasteiger partial charge in [-0.1, -0.05) is 59.6 Å². The Bertz CT molecular complexity index is 1280. The number of anilines is 1. The SMILES string of the molecule is CN(CC(=O)N(C)C(CN1CCCC1)c1ccc(-c2cccc(OC(F)(F)F)c2)cc1)c1ccc(Cl)c(Cl)c1. The monoisotopic (exact) mass is 579 g/mol. The molecular weight excluding hydrogens is 550 g/mol. The predicted octanol–water partition coefficient (Wildman–Crippen LogP) is 7.29. The average Bonchev–Trinajstić information content (AvgIpc) is 3.41. The van der Waals surface area contributed by atoms with Crippen LogP contribution in [0.15, 0.2) is 66.7 Å². The van der Waals surface area contributed by atoms with Crippen molar-refractivity contribution in [2.75, 3.05) is 45.2 Å². The number of benzene rings is 3. The summed E-state index contributed by atoms with van der Waals surface area (Å²) < 4.78 is 42.1. The minimum absolute atomic E-state index is 0.0613. The second-order valence-electron chi connectivity index (χ2n) is 9.68. The summed E-state index contributed by atoms with van der Waals surface area (Å²) in [4.78, 5) is 19.3. The van der Waals surface area contributed by atoms with Gasteiger partial charge in [-0.25, -0.2) is 0 Å². The maximum absolute atomic E-state index is 13.4. The Balaban J connectivity index is 1.53. The molecule has 1 aliphatic heterocycles. The second kappa shape index (κ2) is 12.5. The highest BCUT2D eigenvalue weighted by Crippen LogP contribution is 2.31. The van der Waals surface area contributed by atoms with E-state index in [1.165, 1.54) is 18.2 Å². The van der Waals surface area contributed by atoms with Crippen LogP contribution in [-0.4, -0.2) is 62.3 Å². The number of ether oxygens (including phenoxy) is 1. The van der Waals surface area contributed by atoms with Gasteiger partial charge in [-0.15, -0.1) is 13.2 Å². The molecule has 3 aromatic carbocycles. The van der Waals surface area contributed by atoms with Crippen LogP contribution >= 0.6 is 23.2 Å². The highest BCUT2D eigenvalue weighted by Gasteiger charge is 2.31. The number of carbonyl (C=O) groups is 1. The Morgan fingerprint density at radius 2 is 1.64 bits per heavy atom. The lowest BCUT2D eigenvalue weighted by atomic mass is 9.99. The van der Waals surface area contributed by atoms with Crippen molar-refractivity contribution < 1.29 is 22.7 Å². The Morgan fingerprint density at radius 3 is 2.28 bits per heavy atom. The summed E-state index contributed by atoms with van der Waals surface area (Å²) in [6, 6.07) is 18.5. The number of hydrogen-bond donors (Lipinski definition) is 0. The first-order chi connectivity index (χ1) is 18.5. The second-order valence-corrected chi connectivity index (χ2v) is 10.5. The third-order valence-electron chi connectivity index (χ3n) is 6.90. The van der Waals surface area contributed by atoms with E-state index in [-0.39, 0.29) is 24.2 Å².